The fourth-order valence-electron chi connectivity index (χ4n) is 1.95. The molecule has 2 N–H and O–H groups in total. The van der Waals surface area contributed by atoms with Crippen molar-refractivity contribution in [2.45, 2.75) is 6.10 Å². The van der Waals surface area contributed by atoms with Gasteiger partial charge in [0.25, 0.3) is 5.91 Å². The molecule has 0 saturated carbocycles. The Balaban J connectivity index is 1.67. The van der Waals surface area contributed by atoms with Crippen LogP contribution >= 0.6 is 0 Å². The van der Waals surface area contributed by atoms with E-state index in [9.17, 15) is 9.90 Å². The number of aliphatic hydroxyl groups is 1. The number of carbonyl (C=O) groups is 1. The lowest BCUT2D eigenvalue weighted by molar-refractivity contribution is 0.0876. The summed E-state index contributed by atoms with van der Waals surface area (Å²) in [6.07, 6.45) is 0.595. The zero-order valence-electron chi connectivity index (χ0n) is 10.6. The summed E-state index contributed by atoms with van der Waals surface area (Å²) in [5.74, 6) is 0.263. The van der Waals surface area contributed by atoms with Crippen LogP contribution in [0.4, 0.5) is 0 Å². The Morgan fingerprint density at radius 1 is 1.25 bits per heavy atom. The van der Waals surface area contributed by atoms with E-state index in [1.54, 1.807) is 24.3 Å². The van der Waals surface area contributed by atoms with Crippen LogP contribution in [-0.4, -0.2) is 17.6 Å². The molecule has 2 aromatic heterocycles. The van der Waals surface area contributed by atoms with Gasteiger partial charge in [0.2, 0.25) is 0 Å². The van der Waals surface area contributed by atoms with Gasteiger partial charge in [-0.25, -0.2) is 0 Å². The number of aliphatic hydroxyl groups excluding tert-OH is 1. The van der Waals surface area contributed by atoms with Crippen LogP contribution in [0.25, 0.3) is 11.0 Å². The van der Waals surface area contributed by atoms with Crippen molar-refractivity contribution in [3.05, 3.63) is 60.2 Å². The van der Waals surface area contributed by atoms with E-state index in [-0.39, 0.29) is 18.2 Å². The van der Waals surface area contributed by atoms with Gasteiger partial charge in [0.15, 0.2) is 5.76 Å². The minimum absolute atomic E-state index is 0.0589. The summed E-state index contributed by atoms with van der Waals surface area (Å²) in [6.45, 7) is 0.0589. The molecule has 3 rings (SSSR count). The molecular weight excluding hydrogens is 258 g/mol. The molecule has 102 valence electrons. The normalized spacial score (nSPS) is 12.4. The van der Waals surface area contributed by atoms with E-state index in [0.29, 0.717) is 11.3 Å². The van der Waals surface area contributed by atoms with Gasteiger partial charge in [0.1, 0.15) is 17.4 Å². The summed E-state index contributed by atoms with van der Waals surface area (Å²) < 4.78 is 10.5. The third-order valence-electron chi connectivity index (χ3n) is 2.98. The van der Waals surface area contributed by atoms with Crippen molar-refractivity contribution in [2.24, 2.45) is 0 Å². The molecule has 20 heavy (non-hydrogen) atoms. The van der Waals surface area contributed by atoms with E-state index in [2.05, 4.69) is 5.32 Å². The molecule has 5 nitrogen and oxygen atoms in total. The van der Waals surface area contributed by atoms with Crippen LogP contribution in [0.1, 0.15) is 22.4 Å². The summed E-state index contributed by atoms with van der Waals surface area (Å²) in [5.41, 5.74) is 0.657. The first kappa shape index (κ1) is 12.5. The number of nitrogens with one attached hydrogen (secondary N) is 1. The van der Waals surface area contributed by atoms with Gasteiger partial charge in [-0.3, -0.25) is 4.79 Å². The quantitative estimate of drug-likeness (QED) is 0.764. The SMILES string of the molecule is O=C(NCC(O)c1ccco1)c1cc2ccccc2o1. The highest BCUT2D eigenvalue weighted by Gasteiger charge is 2.15. The highest BCUT2D eigenvalue weighted by Crippen LogP contribution is 2.19. The van der Waals surface area contributed by atoms with Gasteiger partial charge >= 0.3 is 0 Å². The van der Waals surface area contributed by atoms with E-state index in [0.717, 1.165) is 5.39 Å². The van der Waals surface area contributed by atoms with Crippen LogP contribution < -0.4 is 5.32 Å². The first-order valence-electron chi connectivity index (χ1n) is 6.22. The van der Waals surface area contributed by atoms with E-state index in [4.69, 9.17) is 8.83 Å². The zero-order chi connectivity index (χ0) is 13.9. The number of amides is 1. The molecule has 0 fully saturated rings. The van der Waals surface area contributed by atoms with Crippen molar-refractivity contribution in [2.75, 3.05) is 6.54 Å². The van der Waals surface area contributed by atoms with Crippen molar-refractivity contribution in [3.8, 4) is 0 Å². The molecule has 1 unspecified atom stereocenters. The molecule has 3 aromatic rings. The predicted molar refractivity (Wildman–Crippen MR) is 72.2 cm³/mol. The highest BCUT2D eigenvalue weighted by atomic mass is 16.4. The van der Waals surface area contributed by atoms with Crippen LogP contribution in [0.3, 0.4) is 0 Å². The second kappa shape index (κ2) is 5.22. The van der Waals surface area contributed by atoms with Crippen LogP contribution in [0.5, 0.6) is 0 Å². The molecule has 0 radical (unpaired) electrons. The molecule has 1 atom stereocenters. The maximum absolute atomic E-state index is 11.9. The largest absolute Gasteiger partial charge is 0.467 e. The predicted octanol–water partition coefficient (Wildman–Crippen LogP) is 2.49. The average Bonchev–Trinajstić information content (AvgIpc) is 3.12. The van der Waals surface area contributed by atoms with Crippen LogP contribution in [0.2, 0.25) is 0 Å². The molecule has 1 amide bonds. The molecule has 5 heteroatoms. The van der Waals surface area contributed by atoms with Gasteiger partial charge in [-0.15, -0.1) is 0 Å². The first-order valence-corrected chi connectivity index (χ1v) is 6.22. The van der Waals surface area contributed by atoms with Gasteiger partial charge in [0, 0.05) is 5.39 Å². The number of rotatable bonds is 4. The van der Waals surface area contributed by atoms with E-state index in [1.165, 1.54) is 6.26 Å². The Morgan fingerprint density at radius 2 is 2.10 bits per heavy atom. The first-order chi connectivity index (χ1) is 9.74. The van der Waals surface area contributed by atoms with Crippen molar-refractivity contribution >= 4 is 16.9 Å². The number of fused-ring (bicyclic) bond motifs is 1. The van der Waals surface area contributed by atoms with Crippen LogP contribution in [0.15, 0.2) is 57.6 Å². The summed E-state index contributed by atoms with van der Waals surface area (Å²) >= 11 is 0. The summed E-state index contributed by atoms with van der Waals surface area (Å²) in [7, 11) is 0. The second-order valence-electron chi connectivity index (χ2n) is 4.39. The Hall–Kier alpha value is -2.53. The second-order valence-corrected chi connectivity index (χ2v) is 4.39. The number of carbonyl (C=O) groups excluding carboxylic acids is 1. The highest BCUT2D eigenvalue weighted by molar-refractivity contribution is 5.96. The van der Waals surface area contributed by atoms with Crippen LogP contribution in [-0.2, 0) is 0 Å². The molecule has 0 aliphatic heterocycles. The lowest BCUT2D eigenvalue weighted by Gasteiger charge is -2.08. The fraction of sp³-hybridized carbons (Fsp3) is 0.133. The fourth-order valence-corrected chi connectivity index (χ4v) is 1.95. The Morgan fingerprint density at radius 3 is 2.85 bits per heavy atom. The molecule has 0 aliphatic carbocycles. The number of benzene rings is 1. The maximum atomic E-state index is 11.9. The maximum Gasteiger partial charge on any atom is 0.287 e. The summed E-state index contributed by atoms with van der Waals surface area (Å²) in [5, 5.41) is 13.3. The van der Waals surface area contributed by atoms with Crippen molar-refractivity contribution < 1.29 is 18.7 Å². The molecule has 0 bridgehead atoms. The van der Waals surface area contributed by atoms with Crippen molar-refractivity contribution in [3.63, 3.8) is 0 Å². The zero-order valence-corrected chi connectivity index (χ0v) is 10.6. The monoisotopic (exact) mass is 271 g/mol. The molecule has 0 spiro atoms. The van der Waals surface area contributed by atoms with E-state index in [1.807, 2.05) is 18.2 Å². The molecular formula is C15H13NO4. The molecule has 0 aliphatic rings. The third kappa shape index (κ3) is 2.44. The Labute approximate surface area is 114 Å². The third-order valence-corrected chi connectivity index (χ3v) is 2.98. The number of hydrogen-bond acceptors (Lipinski definition) is 4. The molecule has 1 aromatic carbocycles. The van der Waals surface area contributed by atoms with E-state index < -0.39 is 6.10 Å². The minimum atomic E-state index is -0.877. The van der Waals surface area contributed by atoms with Gasteiger partial charge in [-0.05, 0) is 24.3 Å². The van der Waals surface area contributed by atoms with Gasteiger partial charge in [-0.1, -0.05) is 18.2 Å². The van der Waals surface area contributed by atoms with Gasteiger partial charge < -0.3 is 19.3 Å². The number of hydrogen-bond donors (Lipinski definition) is 2. The summed E-state index contributed by atoms with van der Waals surface area (Å²) in [4.78, 5) is 11.9. The van der Waals surface area contributed by atoms with Gasteiger partial charge in [0.05, 0.1) is 12.8 Å². The molecule has 2 heterocycles. The number of furan rings is 2. The molecule has 0 saturated heterocycles. The summed E-state index contributed by atoms with van der Waals surface area (Å²) in [6, 6.07) is 12.4. The average molecular weight is 271 g/mol. The van der Waals surface area contributed by atoms with Crippen LogP contribution in [0, 0.1) is 0 Å². The topological polar surface area (TPSA) is 75.6 Å². The van der Waals surface area contributed by atoms with Gasteiger partial charge in [-0.2, -0.15) is 0 Å². The van der Waals surface area contributed by atoms with E-state index >= 15 is 0 Å². The Kier molecular flexibility index (Phi) is 3.26. The lowest BCUT2D eigenvalue weighted by atomic mass is 10.2. The Bertz CT molecular complexity index is 681. The lowest BCUT2D eigenvalue weighted by Crippen LogP contribution is -2.27. The standard InChI is InChI=1S/C15H13NO4/c17-11(13-6-3-7-19-13)9-16-15(18)14-8-10-4-1-2-5-12(10)20-14/h1-8,11,17H,9H2,(H,16,18). The van der Waals surface area contributed by atoms with Crippen molar-refractivity contribution in [1.82, 2.24) is 5.32 Å². The van der Waals surface area contributed by atoms with Crippen molar-refractivity contribution in [1.29, 1.82) is 0 Å². The smallest absolute Gasteiger partial charge is 0.287 e. The number of para-hydroxylation sites is 1. The minimum Gasteiger partial charge on any atom is -0.467 e.